The van der Waals surface area contributed by atoms with Crippen LogP contribution in [-0.2, 0) is 13.5 Å². The van der Waals surface area contributed by atoms with Gasteiger partial charge in [-0.15, -0.1) is 0 Å². The number of hydrogen-bond acceptors (Lipinski definition) is 2. The van der Waals surface area contributed by atoms with Crippen LogP contribution in [0.4, 0.5) is 0 Å². The molecule has 0 saturated heterocycles. The van der Waals surface area contributed by atoms with E-state index in [4.69, 9.17) is 0 Å². The molecule has 0 aliphatic carbocycles. The lowest BCUT2D eigenvalue weighted by Gasteiger charge is -2.19. The number of rotatable bonds is 8. The largest absolute Gasteiger partial charge is 0.317 e. The molecule has 0 aromatic carbocycles. The molecular weight excluding hydrogens is 210 g/mol. The molecule has 1 aromatic heterocycles. The molecule has 1 unspecified atom stereocenters. The second-order valence-electron chi connectivity index (χ2n) is 5.29. The maximum atomic E-state index is 4.22. The molecule has 0 radical (unpaired) electrons. The molecule has 1 aromatic rings. The smallest absolute Gasteiger partial charge is 0.0492 e. The average molecular weight is 237 g/mol. The summed E-state index contributed by atoms with van der Waals surface area (Å²) >= 11 is 0. The summed E-state index contributed by atoms with van der Waals surface area (Å²) in [6.45, 7) is 9.01. The Morgan fingerprint density at radius 3 is 2.71 bits per heavy atom. The van der Waals surface area contributed by atoms with Crippen LogP contribution in [0.5, 0.6) is 0 Å². The second kappa shape index (κ2) is 7.49. The van der Waals surface area contributed by atoms with E-state index in [0.717, 1.165) is 31.3 Å². The lowest BCUT2D eigenvalue weighted by atomic mass is 9.92. The molecule has 0 saturated carbocycles. The molecular formula is C14H27N3. The van der Waals surface area contributed by atoms with Crippen LogP contribution in [0.3, 0.4) is 0 Å². The summed E-state index contributed by atoms with van der Waals surface area (Å²) < 4.78 is 1.99. The van der Waals surface area contributed by atoms with Crippen LogP contribution in [0.15, 0.2) is 12.3 Å². The summed E-state index contributed by atoms with van der Waals surface area (Å²) in [5.74, 6) is 1.56. The van der Waals surface area contributed by atoms with Crippen molar-refractivity contribution >= 4 is 0 Å². The average Bonchev–Trinajstić information content (AvgIpc) is 2.67. The van der Waals surface area contributed by atoms with Gasteiger partial charge in [-0.3, -0.25) is 4.68 Å². The predicted octanol–water partition coefficient (Wildman–Crippen LogP) is 2.62. The van der Waals surface area contributed by atoms with Crippen LogP contribution in [0.1, 0.15) is 39.3 Å². The SMILES string of the molecule is CCNCC(CCc1ccnn1C)CC(C)C. The van der Waals surface area contributed by atoms with Crippen molar-refractivity contribution in [3.8, 4) is 0 Å². The zero-order valence-corrected chi connectivity index (χ0v) is 11.7. The summed E-state index contributed by atoms with van der Waals surface area (Å²) in [4.78, 5) is 0. The Bertz CT molecular complexity index is 304. The normalized spacial score (nSPS) is 13.2. The fourth-order valence-corrected chi connectivity index (χ4v) is 2.32. The highest BCUT2D eigenvalue weighted by Crippen LogP contribution is 2.17. The minimum atomic E-state index is 0.782. The van der Waals surface area contributed by atoms with Gasteiger partial charge in [-0.1, -0.05) is 20.8 Å². The van der Waals surface area contributed by atoms with Crippen molar-refractivity contribution in [1.82, 2.24) is 15.1 Å². The lowest BCUT2D eigenvalue weighted by molar-refractivity contribution is 0.367. The Hall–Kier alpha value is -0.830. The summed E-state index contributed by atoms with van der Waals surface area (Å²) in [6, 6.07) is 2.12. The lowest BCUT2D eigenvalue weighted by Crippen LogP contribution is -2.24. The minimum absolute atomic E-state index is 0.782. The number of aromatic nitrogens is 2. The molecule has 1 rings (SSSR count). The van der Waals surface area contributed by atoms with Gasteiger partial charge in [-0.25, -0.2) is 0 Å². The maximum Gasteiger partial charge on any atom is 0.0492 e. The first-order valence-electron chi connectivity index (χ1n) is 6.81. The van der Waals surface area contributed by atoms with Crippen molar-refractivity contribution in [2.75, 3.05) is 13.1 Å². The van der Waals surface area contributed by atoms with E-state index in [9.17, 15) is 0 Å². The van der Waals surface area contributed by atoms with Gasteiger partial charge in [-0.05, 0) is 50.3 Å². The van der Waals surface area contributed by atoms with E-state index >= 15 is 0 Å². The minimum Gasteiger partial charge on any atom is -0.317 e. The summed E-state index contributed by atoms with van der Waals surface area (Å²) in [5, 5.41) is 7.69. The molecule has 0 bridgehead atoms. The first kappa shape index (κ1) is 14.2. The van der Waals surface area contributed by atoms with E-state index < -0.39 is 0 Å². The molecule has 17 heavy (non-hydrogen) atoms. The van der Waals surface area contributed by atoms with Crippen LogP contribution in [0.2, 0.25) is 0 Å². The quantitative estimate of drug-likeness (QED) is 0.753. The molecule has 0 amide bonds. The third-order valence-corrected chi connectivity index (χ3v) is 3.22. The Balaban J connectivity index is 2.40. The Kier molecular flexibility index (Phi) is 6.27. The summed E-state index contributed by atoms with van der Waals surface area (Å²) in [5.41, 5.74) is 1.34. The van der Waals surface area contributed by atoms with Gasteiger partial charge in [-0.2, -0.15) is 5.10 Å². The Morgan fingerprint density at radius 1 is 1.41 bits per heavy atom. The van der Waals surface area contributed by atoms with E-state index in [-0.39, 0.29) is 0 Å². The summed E-state index contributed by atoms with van der Waals surface area (Å²) in [6.07, 6.45) is 5.59. The zero-order chi connectivity index (χ0) is 12.7. The first-order valence-corrected chi connectivity index (χ1v) is 6.81. The van der Waals surface area contributed by atoms with Gasteiger partial charge in [0.2, 0.25) is 0 Å². The monoisotopic (exact) mass is 237 g/mol. The highest BCUT2D eigenvalue weighted by molar-refractivity contribution is 5.00. The molecule has 0 spiro atoms. The number of nitrogens with zero attached hydrogens (tertiary/aromatic N) is 2. The Morgan fingerprint density at radius 2 is 2.18 bits per heavy atom. The number of aryl methyl sites for hydroxylation is 2. The van der Waals surface area contributed by atoms with Crippen molar-refractivity contribution in [2.45, 2.75) is 40.0 Å². The van der Waals surface area contributed by atoms with Crippen LogP contribution in [0.25, 0.3) is 0 Å². The maximum absolute atomic E-state index is 4.22. The van der Waals surface area contributed by atoms with Gasteiger partial charge in [0.25, 0.3) is 0 Å². The summed E-state index contributed by atoms with van der Waals surface area (Å²) in [7, 11) is 2.02. The first-order chi connectivity index (χ1) is 8.13. The molecule has 1 N–H and O–H groups in total. The molecule has 3 heteroatoms. The number of hydrogen-bond donors (Lipinski definition) is 1. The van der Waals surface area contributed by atoms with Crippen molar-refractivity contribution in [3.63, 3.8) is 0 Å². The standard InChI is InChI=1S/C14H27N3/c1-5-15-11-13(10-12(2)3)6-7-14-8-9-16-17(14)4/h8-9,12-13,15H,5-7,10-11H2,1-4H3. The third-order valence-electron chi connectivity index (χ3n) is 3.22. The number of nitrogens with one attached hydrogen (secondary N) is 1. The molecule has 0 fully saturated rings. The molecule has 1 heterocycles. The fourth-order valence-electron chi connectivity index (χ4n) is 2.32. The highest BCUT2D eigenvalue weighted by Gasteiger charge is 2.11. The third kappa shape index (κ3) is 5.35. The van der Waals surface area contributed by atoms with E-state index in [1.165, 1.54) is 18.5 Å². The second-order valence-corrected chi connectivity index (χ2v) is 5.29. The van der Waals surface area contributed by atoms with Gasteiger partial charge in [0, 0.05) is 18.9 Å². The van der Waals surface area contributed by atoms with E-state index in [0.29, 0.717) is 0 Å². The fraction of sp³-hybridized carbons (Fsp3) is 0.786. The zero-order valence-electron chi connectivity index (χ0n) is 11.7. The molecule has 0 aliphatic rings. The van der Waals surface area contributed by atoms with Crippen LogP contribution < -0.4 is 5.32 Å². The van der Waals surface area contributed by atoms with Crippen molar-refractivity contribution in [1.29, 1.82) is 0 Å². The van der Waals surface area contributed by atoms with Crippen molar-refractivity contribution in [2.24, 2.45) is 18.9 Å². The highest BCUT2D eigenvalue weighted by atomic mass is 15.2. The van der Waals surface area contributed by atoms with Crippen LogP contribution >= 0.6 is 0 Å². The predicted molar refractivity (Wildman–Crippen MR) is 73.0 cm³/mol. The van der Waals surface area contributed by atoms with Crippen LogP contribution in [-0.4, -0.2) is 22.9 Å². The molecule has 3 nitrogen and oxygen atoms in total. The van der Waals surface area contributed by atoms with E-state index in [1.54, 1.807) is 0 Å². The molecule has 98 valence electrons. The van der Waals surface area contributed by atoms with Gasteiger partial charge in [0.1, 0.15) is 0 Å². The van der Waals surface area contributed by atoms with E-state index in [2.05, 4.69) is 37.3 Å². The van der Waals surface area contributed by atoms with Crippen molar-refractivity contribution < 1.29 is 0 Å². The van der Waals surface area contributed by atoms with Gasteiger partial charge < -0.3 is 5.32 Å². The van der Waals surface area contributed by atoms with Gasteiger partial charge >= 0.3 is 0 Å². The molecule has 0 aliphatic heterocycles. The Labute approximate surface area is 106 Å². The van der Waals surface area contributed by atoms with Gasteiger partial charge in [0.05, 0.1) is 0 Å². The van der Waals surface area contributed by atoms with Crippen molar-refractivity contribution in [3.05, 3.63) is 18.0 Å². The topological polar surface area (TPSA) is 29.9 Å². The molecule has 1 atom stereocenters. The van der Waals surface area contributed by atoms with Crippen LogP contribution in [0, 0.1) is 11.8 Å². The van der Waals surface area contributed by atoms with E-state index in [1.807, 2.05) is 17.9 Å². The van der Waals surface area contributed by atoms with Gasteiger partial charge in [0.15, 0.2) is 0 Å².